The SMILES string of the molecule is Cc1ccc(C)c(S(=O)(=O)Nc2cccc3c2NC(=O)C(C)O3)c1. The van der Waals surface area contributed by atoms with E-state index in [1.54, 1.807) is 44.2 Å². The second-order valence-electron chi connectivity index (χ2n) is 5.80. The van der Waals surface area contributed by atoms with Gasteiger partial charge in [0.1, 0.15) is 11.4 Å². The molecule has 1 aliphatic heterocycles. The van der Waals surface area contributed by atoms with Crippen LogP contribution in [-0.4, -0.2) is 20.4 Å². The molecule has 0 bridgehead atoms. The van der Waals surface area contributed by atoms with Crippen molar-refractivity contribution in [2.45, 2.75) is 31.8 Å². The van der Waals surface area contributed by atoms with Crippen molar-refractivity contribution in [3.8, 4) is 5.75 Å². The first-order chi connectivity index (χ1) is 11.3. The van der Waals surface area contributed by atoms with Crippen LogP contribution in [0.2, 0.25) is 0 Å². The van der Waals surface area contributed by atoms with Gasteiger partial charge in [-0.3, -0.25) is 9.52 Å². The summed E-state index contributed by atoms with van der Waals surface area (Å²) in [7, 11) is -3.79. The summed E-state index contributed by atoms with van der Waals surface area (Å²) in [6.07, 6.45) is -0.622. The third-order valence-electron chi connectivity index (χ3n) is 3.82. The van der Waals surface area contributed by atoms with Crippen LogP contribution >= 0.6 is 0 Å². The van der Waals surface area contributed by atoms with Gasteiger partial charge in [-0.1, -0.05) is 18.2 Å². The molecule has 0 aliphatic carbocycles. The summed E-state index contributed by atoms with van der Waals surface area (Å²) in [5.74, 6) is 0.115. The maximum atomic E-state index is 12.7. The minimum absolute atomic E-state index is 0.205. The largest absolute Gasteiger partial charge is 0.479 e. The highest BCUT2D eigenvalue weighted by molar-refractivity contribution is 7.92. The Hall–Kier alpha value is -2.54. The van der Waals surface area contributed by atoms with Crippen molar-refractivity contribution in [2.24, 2.45) is 0 Å². The Labute approximate surface area is 140 Å². The molecule has 1 aliphatic rings. The zero-order valence-corrected chi connectivity index (χ0v) is 14.4. The summed E-state index contributed by atoms with van der Waals surface area (Å²) in [6, 6.07) is 10.2. The van der Waals surface area contributed by atoms with E-state index >= 15 is 0 Å². The number of ether oxygens (including phenoxy) is 1. The number of anilines is 2. The highest BCUT2D eigenvalue weighted by Gasteiger charge is 2.27. The maximum absolute atomic E-state index is 12.7. The standard InChI is InChI=1S/C17H18N2O4S/c1-10-7-8-11(2)15(9-10)24(21,22)19-13-5-4-6-14-16(13)18-17(20)12(3)23-14/h4-9,12,19H,1-3H3,(H,18,20). The Morgan fingerprint density at radius 1 is 1.17 bits per heavy atom. The van der Waals surface area contributed by atoms with E-state index in [1.807, 2.05) is 13.0 Å². The number of nitrogens with one attached hydrogen (secondary N) is 2. The Kier molecular flexibility index (Phi) is 3.96. The van der Waals surface area contributed by atoms with Gasteiger partial charge in [0.2, 0.25) is 0 Å². The van der Waals surface area contributed by atoms with E-state index in [9.17, 15) is 13.2 Å². The molecule has 1 unspecified atom stereocenters. The normalized spacial score (nSPS) is 16.8. The van der Waals surface area contributed by atoms with Crippen molar-refractivity contribution in [1.29, 1.82) is 0 Å². The van der Waals surface area contributed by atoms with Crippen molar-refractivity contribution < 1.29 is 17.9 Å². The molecule has 126 valence electrons. The molecule has 0 spiro atoms. The highest BCUT2D eigenvalue weighted by atomic mass is 32.2. The first-order valence-corrected chi connectivity index (χ1v) is 8.97. The third-order valence-corrected chi connectivity index (χ3v) is 5.33. The highest BCUT2D eigenvalue weighted by Crippen LogP contribution is 2.37. The Bertz CT molecular complexity index is 922. The summed E-state index contributed by atoms with van der Waals surface area (Å²) in [6.45, 7) is 5.20. The van der Waals surface area contributed by atoms with E-state index in [4.69, 9.17) is 4.74 Å². The number of carbonyl (C=O) groups is 1. The lowest BCUT2D eigenvalue weighted by atomic mass is 10.2. The fourth-order valence-corrected chi connectivity index (χ4v) is 3.91. The molecule has 2 aromatic carbocycles. The van der Waals surface area contributed by atoms with E-state index < -0.39 is 16.1 Å². The Balaban J connectivity index is 2.01. The summed E-state index contributed by atoms with van der Waals surface area (Å²) < 4.78 is 33.5. The minimum Gasteiger partial charge on any atom is -0.479 e. The number of benzene rings is 2. The van der Waals surface area contributed by atoms with Gasteiger partial charge in [-0.15, -0.1) is 0 Å². The monoisotopic (exact) mass is 346 g/mol. The molecule has 6 nitrogen and oxygen atoms in total. The van der Waals surface area contributed by atoms with Crippen molar-refractivity contribution >= 4 is 27.3 Å². The number of hydrogen-bond acceptors (Lipinski definition) is 4. The van der Waals surface area contributed by atoms with Crippen LogP contribution in [0.4, 0.5) is 11.4 Å². The average molecular weight is 346 g/mol. The molecular formula is C17H18N2O4S. The van der Waals surface area contributed by atoms with Gasteiger partial charge < -0.3 is 10.1 Å². The number of sulfonamides is 1. The predicted molar refractivity (Wildman–Crippen MR) is 91.9 cm³/mol. The molecule has 1 amide bonds. The van der Waals surface area contributed by atoms with Gasteiger partial charge >= 0.3 is 0 Å². The molecule has 0 saturated heterocycles. The summed E-state index contributed by atoms with van der Waals surface area (Å²) in [5.41, 5.74) is 2.09. The number of amides is 1. The lowest BCUT2D eigenvalue weighted by Crippen LogP contribution is -2.34. The smallest absolute Gasteiger partial charge is 0.265 e. The third kappa shape index (κ3) is 2.94. The molecule has 3 rings (SSSR count). The Morgan fingerprint density at radius 3 is 2.67 bits per heavy atom. The van der Waals surface area contributed by atoms with Crippen LogP contribution in [0, 0.1) is 13.8 Å². The molecule has 1 heterocycles. The van der Waals surface area contributed by atoms with E-state index in [0.717, 1.165) is 5.56 Å². The van der Waals surface area contributed by atoms with Gasteiger partial charge in [0.15, 0.2) is 6.10 Å². The second-order valence-corrected chi connectivity index (χ2v) is 7.45. The molecule has 2 aromatic rings. The number of carbonyl (C=O) groups excluding carboxylic acids is 1. The minimum atomic E-state index is -3.79. The van der Waals surface area contributed by atoms with Gasteiger partial charge in [-0.2, -0.15) is 0 Å². The summed E-state index contributed by atoms with van der Waals surface area (Å²) in [4.78, 5) is 12.0. The number of rotatable bonds is 3. The quantitative estimate of drug-likeness (QED) is 0.895. The van der Waals surface area contributed by atoms with Crippen LogP contribution in [0.1, 0.15) is 18.1 Å². The van der Waals surface area contributed by atoms with Crippen LogP contribution in [0.3, 0.4) is 0 Å². The van der Waals surface area contributed by atoms with Crippen LogP contribution < -0.4 is 14.8 Å². The van der Waals surface area contributed by atoms with Gasteiger partial charge in [-0.25, -0.2) is 8.42 Å². The van der Waals surface area contributed by atoms with Crippen LogP contribution in [0.5, 0.6) is 5.75 Å². The molecule has 0 radical (unpaired) electrons. The first-order valence-electron chi connectivity index (χ1n) is 7.48. The van der Waals surface area contributed by atoms with Crippen LogP contribution in [-0.2, 0) is 14.8 Å². The van der Waals surface area contributed by atoms with E-state index in [-0.39, 0.29) is 16.5 Å². The second kappa shape index (κ2) is 5.83. The molecule has 0 fully saturated rings. The fourth-order valence-electron chi connectivity index (χ4n) is 2.51. The first kappa shape index (κ1) is 16.3. The predicted octanol–water partition coefficient (Wildman–Crippen LogP) is 2.82. The topological polar surface area (TPSA) is 84.5 Å². The van der Waals surface area contributed by atoms with Crippen molar-refractivity contribution in [2.75, 3.05) is 10.0 Å². The zero-order chi connectivity index (χ0) is 17.5. The molecule has 1 atom stereocenters. The summed E-state index contributed by atoms with van der Waals surface area (Å²) in [5, 5.41) is 2.69. The number of aryl methyl sites for hydroxylation is 2. The van der Waals surface area contributed by atoms with Crippen LogP contribution in [0.15, 0.2) is 41.3 Å². The Morgan fingerprint density at radius 2 is 1.92 bits per heavy atom. The van der Waals surface area contributed by atoms with Gasteiger partial charge in [0, 0.05) is 0 Å². The number of para-hydroxylation sites is 1. The molecule has 0 saturated carbocycles. The number of hydrogen-bond donors (Lipinski definition) is 2. The average Bonchev–Trinajstić information content (AvgIpc) is 2.51. The summed E-state index contributed by atoms with van der Waals surface area (Å²) >= 11 is 0. The van der Waals surface area contributed by atoms with E-state index in [2.05, 4.69) is 10.0 Å². The van der Waals surface area contributed by atoms with E-state index in [0.29, 0.717) is 17.0 Å². The van der Waals surface area contributed by atoms with Gasteiger partial charge in [0.25, 0.3) is 15.9 Å². The fraction of sp³-hybridized carbons (Fsp3) is 0.235. The van der Waals surface area contributed by atoms with Crippen LogP contribution in [0.25, 0.3) is 0 Å². The van der Waals surface area contributed by atoms with Crippen molar-refractivity contribution in [3.63, 3.8) is 0 Å². The number of fused-ring (bicyclic) bond motifs is 1. The molecular weight excluding hydrogens is 328 g/mol. The lowest BCUT2D eigenvalue weighted by Gasteiger charge is -2.25. The van der Waals surface area contributed by atoms with Crippen molar-refractivity contribution in [1.82, 2.24) is 0 Å². The zero-order valence-electron chi connectivity index (χ0n) is 13.6. The van der Waals surface area contributed by atoms with Gasteiger partial charge in [0.05, 0.1) is 10.6 Å². The maximum Gasteiger partial charge on any atom is 0.265 e. The van der Waals surface area contributed by atoms with E-state index in [1.165, 1.54) is 0 Å². The van der Waals surface area contributed by atoms with Gasteiger partial charge in [-0.05, 0) is 50.1 Å². The lowest BCUT2D eigenvalue weighted by molar-refractivity contribution is -0.122. The molecule has 2 N–H and O–H groups in total. The van der Waals surface area contributed by atoms with Crippen molar-refractivity contribution in [3.05, 3.63) is 47.5 Å². The molecule has 7 heteroatoms. The molecule has 24 heavy (non-hydrogen) atoms. The molecule has 0 aromatic heterocycles.